The first-order valence-electron chi connectivity index (χ1n) is 7.10. The molecule has 1 atom stereocenters. The third kappa shape index (κ3) is 5.46. The molecule has 0 aliphatic rings. The van der Waals surface area contributed by atoms with Crippen molar-refractivity contribution in [1.29, 1.82) is 0 Å². The largest absolute Gasteiger partial charge is 0.346 e. The van der Waals surface area contributed by atoms with Gasteiger partial charge in [-0.1, -0.05) is 30.3 Å². The molecule has 122 valence electrons. The van der Waals surface area contributed by atoms with Crippen molar-refractivity contribution < 1.29 is 13.2 Å². The van der Waals surface area contributed by atoms with Gasteiger partial charge >= 0.3 is 0 Å². The lowest BCUT2D eigenvalue weighted by molar-refractivity contribution is 0.0939. The van der Waals surface area contributed by atoms with Crippen LogP contribution in [0.5, 0.6) is 0 Å². The zero-order valence-electron chi connectivity index (χ0n) is 13.0. The number of nitrogens with zero attached hydrogens (tertiary/aromatic N) is 1. The molecule has 1 heterocycles. The van der Waals surface area contributed by atoms with Crippen LogP contribution in [0.1, 0.15) is 34.6 Å². The summed E-state index contributed by atoms with van der Waals surface area (Å²) in [6.45, 7) is 1.95. The Labute approximate surface area is 136 Å². The molecular formula is C16H19N3O3S. The Hall–Kier alpha value is -2.25. The zero-order valence-corrected chi connectivity index (χ0v) is 13.8. The van der Waals surface area contributed by atoms with E-state index in [1.807, 2.05) is 37.3 Å². The fourth-order valence-corrected chi connectivity index (χ4v) is 2.44. The van der Waals surface area contributed by atoms with Crippen LogP contribution >= 0.6 is 0 Å². The van der Waals surface area contributed by atoms with Crippen molar-refractivity contribution in [3.8, 4) is 0 Å². The highest BCUT2D eigenvalue weighted by Crippen LogP contribution is 2.12. The number of hydrogen-bond donors (Lipinski definition) is 2. The highest BCUT2D eigenvalue weighted by Gasteiger charge is 2.12. The maximum Gasteiger partial charge on any atom is 0.251 e. The average Bonchev–Trinajstić information content (AvgIpc) is 2.53. The van der Waals surface area contributed by atoms with E-state index in [1.54, 1.807) is 12.1 Å². The molecule has 7 heteroatoms. The van der Waals surface area contributed by atoms with Crippen LogP contribution in [0, 0.1) is 0 Å². The lowest BCUT2D eigenvalue weighted by Gasteiger charge is -2.14. The zero-order chi connectivity index (χ0) is 16.9. The molecule has 1 aromatic heterocycles. The van der Waals surface area contributed by atoms with E-state index < -0.39 is 10.0 Å². The quantitative estimate of drug-likeness (QED) is 0.841. The Kier molecular flexibility index (Phi) is 5.46. The number of carbonyl (C=O) groups is 1. The van der Waals surface area contributed by atoms with Crippen molar-refractivity contribution in [2.24, 2.45) is 0 Å². The molecule has 23 heavy (non-hydrogen) atoms. The molecule has 1 aromatic carbocycles. The number of carbonyl (C=O) groups excluding carboxylic acids is 1. The molecule has 1 amide bonds. The molecule has 2 rings (SSSR count). The van der Waals surface area contributed by atoms with Gasteiger partial charge < -0.3 is 5.32 Å². The smallest absolute Gasteiger partial charge is 0.251 e. The van der Waals surface area contributed by atoms with E-state index in [0.717, 1.165) is 11.8 Å². The number of benzene rings is 1. The topological polar surface area (TPSA) is 88.2 Å². The number of aromatic nitrogens is 1. The SMILES string of the molecule is CC(NC(=O)c1ccnc(CNS(C)(=O)=O)c1)c1ccccc1. The summed E-state index contributed by atoms with van der Waals surface area (Å²) in [5.41, 5.74) is 1.93. The second kappa shape index (κ2) is 7.34. The minimum Gasteiger partial charge on any atom is -0.346 e. The molecule has 0 aliphatic heterocycles. The van der Waals surface area contributed by atoms with Gasteiger partial charge in [-0.05, 0) is 24.6 Å². The fraction of sp³-hybridized carbons (Fsp3) is 0.250. The van der Waals surface area contributed by atoms with Crippen molar-refractivity contribution in [2.75, 3.05) is 6.26 Å². The minimum absolute atomic E-state index is 0.0498. The first-order chi connectivity index (χ1) is 10.8. The normalized spacial score (nSPS) is 12.6. The minimum atomic E-state index is -3.30. The summed E-state index contributed by atoms with van der Waals surface area (Å²) >= 11 is 0. The Balaban J connectivity index is 2.05. The molecule has 2 N–H and O–H groups in total. The van der Waals surface area contributed by atoms with Gasteiger partial charge in [0.05, 0.1) is 24.5 Å². The third-order valence-electron chi connectivity index (χ3n) is 3.24. The molecule has 0 saturated carbocycles. The summed E-state index contributed by atoms with van der Waals surface area (Å²) < 4.78 is 24.6. The van der Waals surface area contributed by atoms with Gasteiger partial charge in [0.15, 0.2) is 0 Å². The van der Waals surface area contributed by atoms with Crippen molar-refractivity contribution in [3.05, 3.63) is 65.5 Å². The fourth-order valence-electron chi connectivity index (χ4n) is 2.03. The van der Waals surface area contributed by atoms with E-state index in [1.165, 1.54) is 6.20 Å². The van der Waals surface area contributed by atoms with E-state index in [-0.39, 0.29) is 18.5 Å². The van der Waals surface area contributed by atoms with Crippen LogP contribution in [0.3, 0.4) is 0 Å². The molecule has 6 nitrogen and oxygen atoms in total. The van der Waals surface area contributed by atoms with Gasteiger partial charge in [-0.25, -0.2) is 13.1 Å². The number of hydrogen-bond acceptors (Lipinski definition) is 4. The highest BCUT2D eigenvalue weighted by atomic mass is 32.2. The van der Waals surface area contributed by atoms with Crippen LogP contribution in [0.25, 0.3) is 0 Å². The number of rotatable bonds is 6. The van der Waals surface area contributed by atoms with Gasteiger partial charge in [-0.3, -0.25) is 9.78 Å². The number of pyridine rings is 1. The van der Waals surface area contributed by atoms with Crippen LogP contribution in [0.2, 0.25) is 0 Å². The van der Waals surface area contributed by atoms with Gasteiger partial charge in [-0.2, -0.15) is 0 Å². The van der Waals surface area contributed by atoms with Crippen LogP contribution in [0.15, 0.2) is 48.7 Å². The van der Waals surface area contributed by atoms with E-state index in [2.05, 4.69) is 15.0 Å². The van der Waals surface area contributed by atoms with Gasteiger partial charge in [0.1, 0.15) is 0 Å². The second-order valence-corrected chi connectivity index (χ2v) is 7.07. The Morgan fingerprint density at radius 3 is 2.57 bits per heavy atom. The molecule has 0 fully saturated rings. The number of amides is 1. The molecule has 2 aromatic rings. The predicted molar refractivity (Wildman–Crippen MR) is 88.2 cm³/mol. The Morgan fingerprint density at radius 1 is 1.22 bits per heavy atom. The first kappa shape index (κ1) is 17.1. The van der Waals surface area contributed by atoms with Crippen LogP contribution in [-0.4, -0.2) is 25.6 Å². The van der Waals surface area contributed by atoms with E-state index in [9.17, 15) is 13.2 Å². The molecular weight excluding hydrogens is 314 g/mol. The maximum atomic E-state index is 12.3. The molecule has 0 spiro atoms. The lowest BCUT2D eigenvalue weighted by atomic mass is 10.1. The molecule has 0 aliphatic carbocycles. The Morgan fingerprint density at radius 2 is 1.91 bits per heavy atom. The van der Waals surface area contributed by atoms with Crippen molar-refractivity contribution in [3.63, 3.8) is 0 Å². The highest BCUT2D eigenvalue weighted by molar-refractivity contribution is 7.88. The van der Waals surface area contributed by atoms with E-state index in [0.29, 0.717) is 11.3 Å². The van der Waals surface area contributed by atoms with Crippen LogP contribution in [-0.2, 0) is 16.6 Å². The molecule has 0 bridgehead atoms. The molecule has 0 radical (unpaired) electrons. The number of nitrogens with one attached hydrogen (secondary N) is 2. The predicted octanol–water partition coefficient (Wildman–Crippen LogP) is 1.62. The van der Waals surface area contributed by atoms with Crippen LogP contribution < -0.4 is 10.0 Å². The summed E-state index contributed by atoms with van der Waals surface area (Å²) in [6, 6.07) is 12.7. The second-order valence-electron chi connectivity index (χ2n) is 5.23. The van der Waals surface area contributed by atoms with Crippen molar-refractivity contribution in [2.45, 2.75) is 19.5 Å². The lowest BCUT2D eigenvalue weighted by Crippen LogP contribution is -2.27. The van der Waals surface area contributed by atoms with Gasteiger partial charge in [0, 0.05) is 11.8 Å². The van der Waals surface area contributed by atoms with Crippen molar-refractivity contribution in [1.82, 2.24) is 15.0 Å². The summed E-state index contributed by atoms with van der Waals surface area (Å²) in [7, 11) is -3.30. The van der Waals surface area contributed by atoms with Gasteiger partial charge in [0.25, 0.3) is 5.91 Å². The van der Waals surface area contributed by atoms with E-state index >= 15 is 0 Å². The Bertz CT molecular complexity index is 776. The summed E-state index contributed by atoms with van der Waals surface area (Å²) in [6.07, 6.45) is 2.56. The van der Waals surface area contributed by atoms with Crippen molar-refractivity contribution >= 4 is 15.9 Å². The molecule has 1 unspecified atom stereocenters. The summed E-state index contributed by atoms with van der Waals surface area (Å²) in [5.74, 6) is -0.232. The van der Waals surface area contributed by atoms with Gasteiger partial charge in [0.2, 0.25) is 10.0 Å². The monoisotopic (exact) mass is 333 g/mol. The summed E-state index contributed by atoms with van der Waals surface area (Å²) in [5, 5.41) is 2.91. The summed E-state index contributed by atoms with van der Waals surface area (Å²) in [4.78, 5) is 16.4. The average molecular weight is 333 g/mol. The standard InChI is InChI=1S/C16H19N3O3S/c1-12(13-6-4-3-5-7-13)19-16(20)14-8-9-17-15(10-14)11-18-23(2,21)22/h3-10,12,18H,11H2,1-2H3,(H,19,20). The number of sulfonamides is 1. The van der Waals surface area contributed by atoms with Gasteiger partial charge in [-0.15, -0.1) is 0 Å². The van der Waals surface area contributed by atoms with E-state index in [4.69, 9.17) is 0 Å². The third-order valence-corrected chi connectivity index (χ3v) is 3.91. The maximum absolute atomic E-state index is 12.3. The first-order valence-corrected chi connectivity index (χ1v) is 8.99. The van der Waals surface area contributed by atoms with Crippen LogP contribution in [0.4, 0.5) is 0 Å². The molecule has 0 saturated heterocycles.